The number of hydrogen-bond donors (Lipinski definition) is 1. The molecule has 2 rings (SSSR count). The minimum atomic E-state index is -3.53. The Morgan fingerprint density at radius 3 is 2.57 bits per heavy atom. The monoisotopic (exact) mass is 395 g/mol. The van der Waals surface area contributed by atoms with Crippen molar-refractivity contribution in [2.45, 2.75) is 32.1 Å². The Balaban J connectivity index is 2.14. The summed E-state index contributed by atoms with van der Waals surface area (Å²) in [6.07, 6.45) is 4.77. The highest BCUT2D eigenvalue weighted by Gasteiger charge is 2.36. The van der Waals surface area contributed by atoms with Gasteiger partial charge in [-0.2, -0.15) is 0 Å². The number of ether oxygens (including phenoxy) is 1. The maximum atomic E-state index is 11.5. The zero-order valence-corrected chi connectivity index (χ0v) is 14.8. The van der Waals surface area contributed by atoms with Crippen molar-refractivity contribution in [3.63, 3.8) is 0 Å². The van der Waals surface area contributed by atoms with E-state index in [0.29, 0.717) is 17.4 Å². The van der Waals surface area contributed by atoms with Crippen molar-refractivity contribution in [1.82, 2.24) is 0 Å². The summed E-state index contributed by atoms with van der Waals surface area (Å²) >= 11 is 9.47. The molecule has 1 aliphatic rings. The van der Waals surface area contributed by atoms with E-state index in [4.69, 9.17) is 21.5 Å². The maximum absolute atomic E-state index is 11.5. The van der Waals surface area contributed by atoms with Crippen LogP contribution in [0.4, 0.5) is 0 Å². The summed E-state index contributed by atoms with van der Waals surface area (Å²) in [7, 11) is -3.53. The summed E-state index contributed by atoms with van der Waals surface area (Å²) < 4.78 is 29.7. The molecule has 0 saturated heterocycles. The van der Waals surface area contributed by atoms with Gasteiger partial charge in [0.2, 0.25) is 10.0 Å². The Morgan fingerprint density at radius 1 is 1.29 bits per heavy atom. The lowest BCUT2D eigenvalue weighted by molar-refractivity contribution is 0.119. The molecule has 1 saturated carbocycles. The number of halogens is 2. The summed E-state index contributed by atoms with van der Waals surface area (Å²) in [5.41, 5.74) is -0.405. The minimum absolute atomic E-state index is 0.0361. The molecule has 1 fully saturated rings. The van der Waals surface area contributed by atoms with Gasteiger partial charge in [0.05, 0.1) is 17.4 Å². The molecular weight excluding hydrogens is 378 g/mol. The van der Waals surface area contributed by atoms with E-state index >= 15 is 0 Å². The van der Waals surface area contributed by atoms with Gasteiger partial charge < -0.3 is 4.74 Å². The first-order valence-corrected chi connectivity index (χ1v) is 9.77. The molecule has 0 bridgehead atoms. The highest BCUT2D eigenvalue weighted by Crippen LogP contribution is 2.39. The van der Waals surface area contributed by atoms with Gasteiger partial charge in [-0.05, 0) is 31.0 Å². The smallest absolute Gasteiger partial charge is 0.209 e. The third kappa shape index (κ3) is 5.13. The molecular formula is C14H19BrClNO3S. The Bertz CT molecular complexity index is 600. The molecule has 2 N–H and O–H groups in total. The van der Waals surface area contributed by atoms with Crippen molar-refractivity contribution in [2.75, 3.05) is 12.4 Å². The number of sulfonamides is 1. The number of rotatable bonds is 5. The van der Waals surface area contributed by atoms with Crippen LogP contribution in [0.5, 0.6) is 5.75 Å². The van der Waals surface area contributed by atoms with Crippen LogP contribution in [0.3, 0.4) is 0 Å². The molecule has 0 heterocycles. The second-order valence-electron chi connectivity index (χ2n) is 5.73. The van der Waals surface area contributed by atoms with E-state index in [0.717, 1.165) is 36.6 Å². The predicted octanol–water partition coefficient (Wildman–Crippen LogP) is 3.72. The quantitative estimate of drug-likeness (QED) is 0.824. The summed E-state index contributed by atoms with van der Waals surface area (Å²) in [6, 6.07) is 5.36. The molecule has 21 heavy (non-hydrogen) atoms. The van der Waals surface area contributed by atoms with Gasteiger partial charge in [0.25, 0.3) is 0 Å². The third-order valence-corrected chi connectivity index (χ3v) is 5.67. The molecule has 4 nitrogen and oxygen atoms in total. The van der Waals surface area contributed by atoms with Gasteiger partial charge in [-0.1, -0.05) is 46.8 Å². The summed E-state index contributed by atoms with van der Waals surface area (Å²) in [4.78, 5) is 0. The lowest BCUT2D eigenvalue weighted by Gasteiger charge is -2.36. The van der Waals surface area contributed by atoms with Crippen molar-refractivity contribution in [1.29, 1.82) is 0 Å². The molecule has 1 aliphatic carbocycles. The molecule has 1 aromatic rings. The highest BCUT2D eigenvalue weighted by atomic mass is 79.9. The fourth-order valence-corrected chi connectivity index (χ4v) is 4.62. The molecule has 0 aliphatic heterocycles. The Morgan fingerprint density at radius 2 is 1.95 bits per heavy atom. The van der Waals surface area contributed by atoms with Crippen LogP contribution in [-0.4, -0.2) is 20.8 Å². The van der Waals surface area contributed by atoms with Crippen molar-refractivity contribution in [2.24, 2.45) is 10.6 Å². The molecule has 0 amide bonds. The van der Waals surface area contributed by atoms with Crippen LogP contribution in [0.25, 0.3) is 0 Å². The number of primary sulfonamides is 1. The fourth-order valence-electron chi connectivity index (χ4n) is 2.88. The Kier molecular flexibility index (Phi) is 5.57. The average Bonchev–Trinajstić information content (AvgIpc) is 2.39. The first-order chi connectivity index (χ1) is 9.80. The van der Waals surface area contributed by atoms with Gasteiger partial charge in [-0.3, -0.25) is 0 Å². The number of benzene rings is 1. The molecule has 0 radical (unpaired) electrons. The van der Waals surface area contributed by atoms with Gasteiger partial charge in [0.15, 0.2) is 0 Å². The molecule has 0 atom stereocenters. The van der Waals surface area contributed by atoms with Gasteiger partial charge in [-0.25, -0.2) is 13.6 Å². The summed E-state index contributed by atoms with van der Waals surface area (Å²) in [5.74, 6) is 0.524. The predicted molar refractivity (Wildman–Crippen MR) is 88.1 cm³/mol. The molecule has 1 aromatic carbocycles. The van der Waals surface area contributed by atoms with Crippen molar-refractivity contribution >= 4 is 37.6 Å². The van der Waals surface area contributed by atoms with Gasteiger partial charge in [0.1, 0.15) is 5.75 Å². The molecule has 0 aromatic heterocycles. The molecule has 7 heteroatoms. The SMILES string of the molecule is NS(=O)(=O)CC1(COc2cc(Br)ccc2Cl)CCCCC1. The second-order valence-corrected chi connectivity index (χ2v) is 8.67. The lowest BCUT2D eigenvalue weighted by atomic mass is 9.76. The minimum Gasteiger partial charge on any atom is -0.491 e. The first kappa shape index (κ1) is 17.1. The standard InChI is InChI=1S/C14H19BrClNO3S/c15-11-4-5-12(16)13(8-11)20-9-14(10-21(17,18)19)6-2-1-3-7-14/h4-5,8H,1-3,6-7,9-10H2,(H2,17,18,19). The van der Waals surface area contributed by atoms with Crippen LogP contribution in [0.15, 0.2) is 22.7 Å². The van der Waals surface area contributed by atoms with E-state index in [-0.39, 0.29) is 5.75 Å². The largest absolute Gasteiger partial charge is 0.491 e. The zero-order valence-electron chi connectivity index (χ0n) is 11.6. The second kappa shape index (κ2) is 6.86. The third-order valence-electron chi connectivity index (χ3n) is 3.85. The Hall–Kier alpha value is -0.300. The van der Waals surface area contributed by atoms with E-state index in [9.17, 15) is 8.42 Å². The summed E-state index contributed by atoms with van der Waals surface area (Å²) in [5, 5.41) is 5.77. The molecule has 0 spiro atoms. The summed E-state index contributed by atoms with van der Waals surface area (Å²) in [6.45, 7) is 0.319. The van der Waals surface area contributed by atoms with E-state index in [1.807, 2.05) is 6.07 Å². The van der Waals surface area contributed by atoms with Gasteiger partial charge >= 0.3 is 0 Å². The number of hydrogen-bond acceptors (Lipinski definition) is 3. The van der Waals surface area contributed by atoms with E-state index in [1.165, 1.54) is 0 Å². The van der Waals surface area contributed by atoms with Gasteiger partial charge in [-0.15, -0.1) is 0 Å². The topological polar surface area (TPSA) is 69.4 Å². The molecule has 0 unspecified atom stereocenters. The van der Waals surface area contributed by atoms with Crippen LogP contribution in [-0.2, 0) is 10.0 Å². The first-order valence-electron chi connectivity index (χ1n) is 6.88. The van der Waals surface area contributed by atoms with Crippen LogP contribution < -0.4 is 9.88 Å². The van der Waals surface area contributed by atoms with Gasteiger partial charge in [0, 0.05) is 9.89 Å². The van der Waals surface area contributed by atoms with Crippen molar-refractivity contribution in [3.8, 4) is 5.75 Å². The average molecular weight is 397 g/mol. The lowest BCUT2D eigenvalue weighted by Crippen LogP contribution is -2.40. The Labute approximate surface area is 139 Å². The van der Waals surface area contributed by atoms with Crippen molar-refractivity contribution < 1.29 is 13.2 Å². The van der Waals surface area contributed by atoms with Crippen molar-refractivity contribution in [3.05, 3.63) is 27.7 Å². The van der Waals surface area contributed by atoms with Crippen LogP contribution in [0.2, 0.25) is 5.02 Å². The normalized spacial score (nSPS) is 18.4. The zero-order chi connectivity index (χ0) is 15.5. The van der Waals surface area contributed by atoms with E-state index in [1.54, 1.807) is 12.1 Å². The number of nitrogens with two attached hydrogens (primary N) is 1. The van der Waals surface area contributed by atoms with Crippen LogP contribution >= 0.6 is 27.5 Å². The maximum Gasteiger partial charge on any atom is 0.209 e. The van der Waals surface area contributed by atoms with E-state index in [2.05, 4.69) is 15.9 Å². The van der Waals surface area contributed by atoms with Crippen LogP contribution in [0, 0.1) is 5.41 Å². The van der Waals surface area contributed by atoms with E-state index < -0.39 is 15.4 Å². The fraction of sp³-hybridized carbons (Fsp3) is 0.571. The van der Waals surface area contributed by atoms with Crippen LogP contribution in [0.1, 0.15) is 32.1 Å². The highest BCUT2D eigenvalue weighted by molar-refractivity contribution is 9.10. The molecule has 118 valence electrons.